The van der Waals surface area contributed by atoms with Crippen LogP contribution in [-0.4, -0.2) is 12.6 Å². The molecule has 3 unspecified atom stereocenters. The second-order valence-electron chi connectivity index (χ2n) is 6.16. The van der Waals surface area contributed by atoms with Gasteiger partial charge in [0.1, 0.15) is 0 Å². The Kier molecular flexibility index (Phi) is 4.82. The summed E-state index contributed by atoms with van der Waals surface area (Å²) in [5, 5.41) is 3.74. The molecule has 0 saturated heterocycles. The van der Waals surface area contributed by atoms with Crippen molar-refractivity contribution < 1.29 is 0 Å². The second-order valence-corrected chi connectivity index (χ2v) is 6.16. The SMILES string of the molecule is Cc1cccc(CCNC2CCC(C)C(C)C2)c1. The number of rotatable bonds is 4. The van der Waals surface area contributed by atoms with Crippen LogP contribution in [0.15, 0.2) is 24.3 Å². The van der Waals surface area contributed by atoms with E-state index in [1.165, 1.54) is 30.4 Å². The van der Waals surface area contributed by atoms with E-state index < -0.39 is 0 Å². The Hall–Kier alpha value is -0.820. The third-order valence-electron chi connectivity index (χ3n) is 4.53. The molecule has 2 rings (SSSR count). The maximum Gasteiger partial charge on any atom is 0.00699 e. The molecular formula is C17H27N. The summed E-state index contributed by atoms with van der Waals surface area (Å²) < 4.78 is 0. The molecule has 1 heteroatoms. The fourth-order valence-electron chi connectivity index (χ4n) is 3.02. The molecular weight excluding hydrogens is 218 g/mol. The fraction of sp³-hybridized carbons (Fsp3) is 0.647. The van der Waals surface area contributed by atoms with E-state index in [2.05, 4.69) is 50.4 Å². The van der Waals surface area contributed by atoms with Crippen LogP contribution in [0.3, 0.4) is 0 Å². The largest absolute Gasteiger partial charge is 0.314 e. The predicted molar refractivity (Wildman–Crippen MR) is 78.9 cm³/mol. The first-order chi connectivity index (χ1) is 8.65. The standard InChI is InChI=1S/C17H27N/c1-13-5-4-6-16(11-13)9-10-18-17-8-7-14(2)15(3)12-17/h4-6,11,14-15,17-18H,7-10,12H2,1-3H3. The molecule has 0 heterocycles. The van der Waals surface area contributed by atoms with Gasteiger partial charge in [0.25, 0.3) is 0 Å². The number of benzene rings is 1. The lowest BCUT2D eigenvalue weighted by Crippen LogP contribution is -2.37. The summed E-state index contributed by atoms with van der Waals surface area (Å²) in [5.41, 5.74) is 2.83. The summed E-state index contributed by atoms with van der Waals surface area (Å²) in [4.78, 5) is 0. The fourth-order valence-corrected chi connectivity index (χ4v) is 3.02. The topological polar surface area (TPSA) is 12.0 Å². The molecule has 0 radical (unpaired) electrons. The molecule has 1 aromatic rings. The number of aryl methyl sites for hydroxylation is 1. The summed E-state index contributed by atoms with van der Waals surface area (Å²) in [7, 11) is 0. The molecule has 1 aromatic carbocycles. The Morgan fingerprint density at radius 1 is 1.17 bits per heavy atom. The molecule has 18 heavy (non-hydrogen) atoms. The molecule has 1 aliphatic carbocycles. The Bertz CT molecular complexity index is 372. The highest BCUT2D eigenvalue weighted by Crippen LogP contribution is 2.29. The lowest BCUT2D eigenvalue weighted by atomic mass is 9.79. The highest BCUT2D eigenvalue weighted by atomic mass is 14.9. The smallest absolute Gasteiger partial charge is 0.00699 e. The Morgan fingerprint density at radius 3 is 2.72 bits per heavy atom. The highest BCUT2D eigenvalue weighted by molar-refractivity contribution is 5.22. The van der Waals surface area contributed by atoms with Gasteiger partial charge < -0.3 is 5.32 Å². The van der Waals surface area contributed by atoms with E-state index in [4.69, 9.17) is 0 Å². The summed E-state index contributed by atoms with van der Waals surface area (Å²) in [6.45, 7) is 8.09. The lowest BCUT2D eigenvalue weighted by molar-refractivity contribution is 0.227. The predicted octanol–water partition coefficient (Wildman–Crippen LogP) is 3.95. The van der Waals surface area contributed by atoms with Gasteiger partial charge in [0.15, 0.2) is 0 Å². The molecule has 0 aliphatic heterocycles. The monoisotopic (exact) mass is 245 g/mol. The highest BCUT2D eigenvalue weighted by Gasteiger charge is 2.23. The molecule has 1 aliphatic rings. The number of nitrogens with one attached hydrogen (secondary N) is 1. The van der Waals surface area contributed by atoms with Gasteiger partial charge >= 0.3 is 0 Å². The van der Waals surface area contributed by atoms with Gasteiger partial charge in [0, 0.05) is 6.04 Å². The van der Waals surface area contributed by atoms with Crippen LogP contribution in [0.5, 0.6) is 0 Å². The van der Waals surface area contributed by atoms with Gasteiger partial charge in [-0.2, -0.15) is 0 Å². The minimum Gasteiger partial charge on any atom is -0.314 e. The minimum absolute atomic E-state index is 0.751. The zero-order valence-electron chi connectivity index (χ0n) is 12.1. The molecule has 0 bridgehead atoms. The first-order valence-electron chi connectivity index (χ1n) is 7.44. The maximum atomic E-state index is 3.74. The maximum absolute atomic E-state index is 3.74. The summed E-state index contributed by atoms with van der Waals surface area (Å²) in [6.07, 6.45) is 5.26. The van der Waals surface area contributed by atoms with Crippen LogP contribution in [0.2, 0.25) is 0 Å². The van der Waals surface area contributed by atoms with Crippen molar-refractivity contribution in [1.29, 1.82) is 0 Å². The Labute approximate surface area is 112 Å². The number of hydrogen-bond donors (Lipinski definition) is 1. The van der Waals surface area contributed by atoms with Crippen molar-refractivity contribution in [2.75, 3.05) is 6.54 Å². The minimum atomic E-state index is 0.751. The summed E-state index contributed by atoms with van der Waals surface area (Å²) in [6, 6.07) is 9.62. The van der Waals surface area contributed by atoms with E-state index >= 15 is 0 Å². The number of hydrogen-bond acceptors (Lipinski definition) is 1. The zero-order chi connectivity index (χ0) is 13.0. The lowest BCUT2D eigenvalue weighted by Gasteiger charge is -2.32. The van der Waals surface area contributed by atoms with Crippen LogP contribution < -0.4 is 5.32 Å². The van der Waals surface area contributed by atoms with Gasteiger partial charge in [0.05, 0.1) is 0 Å². The molecule has 3 atom stereocenters. The Morgan fingerprint density at radius 2 is 2.00 bits per heavy atom. The second kappa shape index (κ2) is 6.38. The zero-order valence-corrected chi connectivity index (χ0v) is 12.1. The van der Waals surface area contributed by atoms with Gasteiger partial charge in [-0.1, -0.05) is 43.7 Å². The van der Waals surface area contributed by atoms with Gasteiger partial charge in [-0.25, -0.2) is 0 Å². The van der Waals surface area contributed by atoms with Crippen molar-refractivity contribution in [3.05, 3.63) is 35.4 Å². The molecule has 0 aromatic heterocycles. The van der Waals surface area contributed by atoms with E-state index in [0.29, 0.717) is 0 Å². The quantitative estimate of drug-likeness (QED) is 0.847. The Balaban J connectivity index is 1.72. The van der Waals surface area contributed by atoms with Crippen LogP contribution in [0, 0.1) is 18.8 Å². The van der Waals surface area contributed by atoms with Gasteiger partial charge in [-0.05, 0) is 56.6 Å². The molecule has 0 amide bonds. The summed E-state index contributed by atoms with van der Waals surface area (Å²) in [5.74, 6) is 1.80. The van der Waals surface area contributed by atoms with Gasteiger partial charge in [-0.3, -0.25) is 0 Å². The average molecular weight is 245 g/mol. The van der Waals surface area contributed by atoms with Crippen molar-refractivity contribution in [2.24, 2.45) is 11.8 Å². The molecule has 1 fully saturated rings. The van der Waals surface area contributed by atoms with Crippen LogP contribution in [0.4, 0.5) is 0 Å². The first kappa shape index (κ1) is 13.6. The van der Waals surface area contributed by atoms with Crippen LogP contribution in [0.25, 0.3) is 0 Å². The molecule has 100 valence electrons. The van der Waals surface area contributed by atoms with E-state index in [0.717, 1.165) is 30.8 Å². The van der Waals surface area contributed by atoms with Crippen molar-refractivity contribution >= 4 is 0 Å². The average Bonchev–Trinajstić information content (AvgIpc) is 2.34. The molecule has 1 N–H and O–H groups in total. The molecule has 0 spiro atoms. The van der Waals surface area contributed by atoms with Crippen LogP contribution in [0.1, 0.15) is 44.2 Å². The van der Waals surface area contributed by atoms with Gasteiger partial charge in [0.2, 0.25) is 0 Å². The van der Waals surface area contributed by atoms with Crippen LogP contribution >= 0.6 is 0 Å². The van der Waals surface area contributed by atoms with Crippen molar-refractivity contribution in [3.8, 4) is 0 Å². The van der Waals surface area contributed by atoms with Crippen molar-refractivity contribution in [3.63, 3.8) is 0 Å². The van der Waals surface area contributed by atoms with E-state index in [1.807, 2.05) is 0 Å². The first-order valence-corrected chi connectivity index (χ1v) is 7.44. The van der Waals surface area contributed by atoms with Crippen molar-refractivity contribution in [1.82, 2.24) is 5.32 Å². The van der Waals surface area contributed by atoms with Crippen molar-refractivity contribution in [2.45, 2.75) is 52.5 Å². The van der Waals surface area contributed by atoms with E-state index in [-0.39, 0.29) is 0 Å². The molecule has 1 saturated carbocycles. The van der Waals surface area contributed by atoms with Gasteiger partial charge in [-0.15, -0.1) is 0 Å². The van der Waals surface area contributed by atoms with Crippen LogP contribution in [-0.2, 0) is 6.42 Å². The normalized spacial score (nSPS) is 28.3. The van der Waals surface area contributed by atoms with E-state index in [1.54, 1.807) is 0 Å². The van der Waals surface area contributed by atoms with E-state index in [9.17, 15) is 0 Å². The third kappa shape index (κ3) is 3.84. The molecule has 1 nitrogen and oxygen atoms in total. The summed E-state index contributed by atoms with van der Waals surface area (Å²) >= 11 is 0. The third-order valence-corrected chi connectivity index (χ3v) is 4.53.